The van der Waals surface area contributed by atoms with Gasteiger partial charge in [-0.05, 0) is 18.7 Å². The summed E-state index contributed by atoms with van der Waals surface area (Å²) < 4.78 is 0. The molecule has 0 N–H and O–H groups in total. The number of likely N-dealkylation sites (N-methyl/N-ethyl adjacent to an activating group) is 1. The van der Waals surface area contributed by atoms with Crippen LogP contribution in [-0.2, 0) is 6.42 Å². The molecular formula is C13H17N3. The van der Waals surface area contributed by atoms with E-state index in [2.05, 4.69) is 41.1 Å². The molecule has 0 aliphatic carbocycles. The van der Waals surface area contributed by atoms with Crippen LogP contribution in [0.5, 0.6) is 0 Å². The molecule has 1 heterocycles. The van der Waals surface area contributed by atoms with E-state index in [4.69, 9.17) is 5.26 Å². The number of anilines is 1. The molecule has 0 amide bonds. The molecule has 1 aliphatic rings. The third-order valence-electron chi connectivity index (χ3n) is 3.11. The van der Waals surface area contributed by atoms with Crippen molar-refractivity contribution < 1.29 is 0 Å². The van der Waals surface area contributed by atoms with Crippen molar-refractivity contribution in [3.8, 4) is 6.07 Å². The van der Waals surface area contributed by atoms with Crippen molar-refractivity contribution in [3.63, 3.8) is 0 Å². The zero-order chi connectivity index (χ0) is 11.4. The van der Waals surface area contributed by atoms with Gasteiger partial charge in [0.25, 0.3) is 0 Å². The van der Waals surface area contributed by atoms with Crippen molar-refractivity contribution in [2.45, 2.75) is 6.42 Å². The van der Waals surface area contributed by atoms with E-state index in [-0.39, 0.29) is 0 Å². The molecule has 0 aromatic heterocycles. The highest BCUT2D eigenvalue weighted by Crippen LogP contribution is 2.21. The molecule has 1 saturated heterocycles. The molecule has 1 fully saturated rings. The molecule has 3 nitrogen and oxygen atoms in total. The normalized spacial score (nSPS) is 17.1. The Morgan fingerprint density at radius 3 is 2.56 bits per heavy atom. The van der Waals surface area contributed by atoms with Gasteiger partial charge in [0.1, 0.15) is 0 Å². The van der Waals surface area contributed by atoms with E-state index >= 15 is 0 Å². The summed E-state index contributed by atoms with van der Waals surface area (Å²) in [6.45, 7) is 4.31. The van der Waals surface area contributed by atoms with E-state index in [1.807, 2.05) is 6.07 Å². The molecular weight excluding hydrogens is 198 g/mol. The maximum Gasteiger partial charge on any atom is 0.0670 e. The summed E-state index contributed by atoms with van der Waals surface area (Å²) >= 11 is 0. The standard InChI is InChI=1S/C13H17N3/c1-15-8-10-16(11-9-15)13-5-3-2-4-12(13)6-7-14/h2-5H,6,8-11H2,1H3. The maximum absolute atomic E-state index is 8.81. The van der Waals surface area contributed by atoms with E-state index < -0.39 is 0 Å². The third-order valence-corrected chi connectivity index (χ3v) is 3.11. The Morgan fingerprint density at radius 2 is 1.88 bits per heavy atom. The highest BCUT2D eigenvalue weighted by molar-refractivity contribution is 5.54. The second-order valence-corrected chi connectivity index (χ2v) is 4.25. The van der Waals surface area contributed by atoms with E-state index in [9.17, 15) is 0 Å². The number of rotatable bonds is 2. The first-order valence-electron chi connectivity index (χ1n) is 5.69. The minimum atomic E-state index is 0.502. The molecule has 0 saturated carbocycles. The third kappa shape index (κ3) is 2.34. The summed E-state index contributed by atoms with van der Waals surface area (Å²) in [5.41, 5.74) is 2.38. The Morgan fingerprint density at radius 1 is 1.19 bits per heavy atom. The molecule has 1 aliphatic heterocycles. The lowest BCUT2D eigenvalue weighted by atomic mass is 10.1. The minimum Gasteiger partial charge on any atom is -0.369 e. The molecule has 0 spiro atoms. The van der Waals surface area contributed by atoms with Crippen LogP contribution in [0.25, 0.3) is 0 Å². The molecule has 0 atom stereocenters. The number of nitriles is 1. The van der Waals surface area contributed by atoms with Crippen LogP contribution in [0.4, 0.5) is 5.69 Å². The lowest BCUT2D eigenvalue weighted by Crippen LogP contribution is -2.44. The summed E-state index contributed by atoms with van der Waals surface area (Å²) in [7, 11) is 2.15. The Hall–Kier alpha value is -1.53. The zero-order valence-corrected chi connectivity index (χ0v) is 9.69. The summed E-state index contributed by atoms with van der Waals surface area (Å²) in [5.74, 6) is 0. The van der Waals surface area contributed by atoms with Gasteiger partial charge in [-0.3, -0.25) is 0 Å². The Bertz CT molecular complexity index is 386. The van der Waals surface area contributed by atoms with Crippen molar-refractivity contribution in [2.24, 2.45) is 0 Å². The molecule has 2 rings (SSSR count). The van der Waals surface area contributed by atoms with Crippen molar-refractivity contribution >= 4 is 5.69 Å². The van der Waals surface area contributed by atoms with Crippen LogP contribution in [0.3, 0.4) is 0 Å². The fraction of sp³-hybridized carbons (Fsp3) is 0.462. The minimum absolute atomic E-state index is 0.502. The first-order chi connectivity index (χ1) is 7.81. The number of hydrogen-bond donors (Lipinski definition) is 0. The number of piperazine rings is 1. The van der Waals surface area contributed by atoms with Gasteiger partial charge in [-0.1, -0.05) is 18.2 Å². The first-order valence-corrected chi connectivity index (χ1v) is 5.69. The first kappa shape index (κ1) is 11.0. The summed E-state index contributed by atoms with van der Waals surface area (Å²) in [4.78, 5) is 4.72. The largest absolute Gasteiger partial charge is 0.369 e. The smallest absolute Gasteiger partial charge is 0.0670 e. The lowest BCUT2D eigenvalue weighted by Gasteiger charge is -2.35. The van der Waals surface area contributed by atoms with Gasteiger partial charge in [0, 0.05) is 31.9 Å². The predicted molar refractivity (Wildman–Crippen MR) is 65.5 cm³/mol. The lowest BCUT2D eigenvalue weighted by molar-refractivity contribution is 0.312. The van der Waals surface area contributed by atoms with Crippen molar-refractivity contribution in [1.29, 1.82) is 5.26 Å². The average molecular weight is 215 g/mol. The molecule has 0 bridgehead atoms. The maximum atomic E-state index is 8.81. The molecule has 1 aromatic carbocycles. The van der Waals surface area contributed by atoms with Gasteiger partial charge in [-0.25, -0.2) is 0 Å². The van der Waals surface area contributed by atoms with E-state index in [0.717, 1.165) is 31.7 Å². The van der Waals surface area contributed by atoms with Gasteiger partial charge < -0.3 is 9.80 Å². The van der Waals surface area contributed by atoms with Crippen LogP contribution in [0.1, 0.15) is 5.56 Å². The van der Waals surface area contributed by atoms with Gasteiger partial charge in [-0.2, -0.15) is 5.26 Å². The topological polar surface area (TPSA) is 30.3 Å². The summed E-state index contributed by atoms with van der Waals surface area (Å²) in [6, 6.07) is 10.5. The van der Waals surface area contributed by atoms with Crippen LogP contribution in [0.15, 0.2) is 24.3 Å². The van der Waals surface area contributed by atoms with Gasteiger partial charge in [0.2, 0.25) is 0 Å². The van der Waals surface area contributed by atoms with Crippen LogP contribution >= 0.6 is 0 Å². The Balaban J connectivity index is 2.17. The van der Waals surface area contributed by atoms with Crippen LogP contribution in [-0.4, -0.2) is 38.1 Å². The summed E-state index contributed by atoms with van der Waals surface area (Å²) in [5, 5.41) is 8.81. The SMILES string of the molecule is CN1CCN(c2ccccc2CC#N)CC1. The van der Waals surface area contributed by atoms with E-state index in [0.29, 0.717) is 6.42 Å². The van der Waals surface area contributed by atoms with Crippen molar-refractivity contribution in [2.75, 3.05) is 38.1 Å². The average Bonchev–Trinajstić information content (AvgIpc) is 2.32. The van der Waals surface area contributed by atoms with Crippen LogP contribution in [0.2, 0.25) is 0 Å². The van der Waals surface area contributed by atoms with Crippen LogP contribution < -0.4 is 4.90 Å². The monoisotopic (exact) mass is 215 g/mol. The van der Waals surface area contributed by atoms with Gasteiger partial charge in [-0.15, -0.1) is 0 Å². The predicted octanol–water partition coefficient (Wildman–Crippen LogP) is 1.50. The number of nitrogens with zero attached hydrogens (tertiary/aromatic N) is 3. The zero-order valence-electron chi connectivity index (χ0n) is 9.69. The molecule has 84 valence electrons. The molecule has 3 heteroatoms. The highest BCUT2D eigenvalue weighted by atomic mass is 15.2. The molecule has 16 heavy (non-hydrogen) atoms. The van der Waals surface area contributed by atoms with E-state index in [1.165, 1.54) is 5.69 Å². The summed E-state index contributed by atoms with van der Waals surface area (Å²) in [6.07, 6.45) is 0.502. The fourth-order valence-electron chi connectivity index (χ4n) is 2.10. The van der Waals surface area contributed by atoms with Crippen molar-refractivity contribution in [3.05, 3.63) is 29.8 Å². The molecule has 0 radical (unpaired) electrons. The van der Waals surface area contributed by atoms with Gasteiger partial charge in [0.15, 0.2) is 0 Å². The van der Waals surface area contributed by atoms with Crippen LogP contribution in [0, 0.1) is 11.3 Å². The second-order valence-electron chi connectivity index (χ2n) is 4.25. The van der Waals surface area contributed by atoms with Gasteiger partial charge in [0.05, 0.1) is 12.5 Å². The quantitative estimate of drug-likeness (QED) is 0.749. The second kappa shape index (κ2) is 5.00. The van der Waals surface area contributed by atoms with Gasteiger partial charge >= 0.3 is 0 Å². The number of benzene rings is 1. The Labute approximate surface area is 96.9 Å². The number of para-hydroxylation sites is 1. The molecule has 0 unspecified atom stereocenters. The fourth-order valence-corrected chi connectivity index (χ4v) is 2.10. The van der Waals surface area contributed by atoms with Crippen molar-refractivity contribution in [1.82, 2.24) is 4.90 Å². The molecule has 1 aromatic rings. The van der Waals surface area contributed by atoms with E-state index in [1.54, 1.807) is 0 Å². The highest BCUT2D eigenvalue weighted by Gasteiger charge is 2.16. The Kier molecular flexibility index (Phi) is 3.43. The number of hydrogen-bond acceptors (Lipinski definition) is 3.